The van der Waals surface area contributed by atoms with Gasteiger partial charge in [0, 0.05) is 37.8 Å². The normalized spacial score (nSPS) is 35.0. The van der Waals surface area contributed by atoms with Gasteiger partial charge in [0.25, 0.3) is 0 Å². The number of rotatable bonds is 7. The van der Waals surface area contributed by atoms with E-state index in [4.69, 9.17) is 42.6 Å². The molecule has 3 fully saturated rings. The minimum absolute atomic E-state index is 0.190. The summed E-state index contributed by atoms with van der Waals surface area (Å²) >= 11 is 0. The second-order valence-corrected chi connectivity index (χ2v) is 12.6. The summed E-state index contributed by atoms with van der Waals surface area (Å²) in [6, 6.07) is 3.90. The highest BCUT2D eigenvalue weighted by molar-refractivity contribution is 5.77. The third-order valence-electron chi connectivity index (χ3n) is 10.0. The van der Waals surface area contributed by atoms with Crippen LogP contribution in [0.2, 0.25) is 0 Å². The molecule has 15 nitrogen and oxygen atoms in total. The third kappa shape index (κ3) is 5.57. The molecule has 2 aliphatic carbocycles. The molecule has 15 heteroatoms. The van der Waals surface area contributed by atoms with Crippen molar-refractivity contribution in [3.8, 4) is 11.5 Å². The third-order valence-corrected chi connectivity index (χ3v) is 10.0. The van der Waals surface area contributed by atoms with Gasteiger partial charge in [0.2, 0.25) is 0 Å². The molecule has 0 radical (unpaired) electrons. The van der Waals surface area contributed by atoms with Gasteiger partial charge in [-0.25, -0.2) is 9.59 Å². The highest BCUT2D eigenvalue weighted by Gasteiger charge is 2.67. The Balaban J connectivity index is 1.40. The van der Waals surface area contributed by atoms with Gasteiger partial charge in [0.15, 0.2) is 42.2 Å². The number of methoxy groups -OCH3 is 2. The maximum Gasteiger partial charge on any atom is 0.513 e. The predicted molar refractivity (Wildman–Crippen MR) is 155 cm³/mol. The van der Waals surface area contributed by atoms with Gasteiger partial charge in [0.1, 0.15) is 6.10 Å². The lowest BCUT2D eigenvalue weighted by molar-refractivity contribution is -0.319. The molecule has 3 aliphatic heterocycles. The Morgan fingerprint density at radius 2 is 1.57 bits per heavy atom. The van der Waals surface area contributed by atoms with Crippen molar-refractivity contribution < 1.29 is 66.6 Å². The predicted octanol–water partition coefficient (Wildman–Crippen LogP) is 1.58. The van der Waals surface area contributed by atoms with Crippen molar-refractivity contribution in [1.29, 1.82) is 0 Å². The van der Waals surface area contributed by atoms with Gasteiger partial charge in [-0.1, -0.05) is 6.07 Å². The van der Waals surface area contributed by atoms with Crippen LogP contribution in [0, 0.1) is 5.92 Å². The number of ether oxygens (including phenoxy) is 9. The Hall–Kier alpha value is -3.95. The van der Waals surface area contributed by atoms with Crippen molar-refractivity contribution in [3.05, 3.63) is 23.3 Å². The van der Waals surface area contributed by atoms with Crippen LogP contribution in [0.15, 0.2) is 12.1 Å². The lowest BCUT2D eigenvalue weighted by Gasteiger charge is -2.59. The highest BCUT2D eigenvalue weighted by Crippen LogP contribution is 2.64. The van der Waals surface area contributed by atoms with Crippen molar-refractivity contribution >= 4 is 30.0 Å². The van der Waals surface area contributed by atoms with Crippen molar-refractivity contribution in [3.63, 3.8) is 0 Å². The maximum atomic E-state index is 13.0. The molecule has 0 unspecified atom stereocenters. The monoisotopic (exact) mass is 661 g/mol. The summed E-state index contributed by atoms with van der Waals surface area (Å²) < 4.78 is 51.2. The molecule has 6 rings (SSSR count). The summed E-state index contributed by atoms with van der Waals surface area (Å²) in [4.78, 5) is 64.3. The average molecular weight is 662 g/mol. The summed E-state index contributed by atoms with van der Waals surface area (Å²) in [6.45, 7) is 4.18. The Morgan fingerprint density at radius 3 is 2.23 bits per heavy atom. The SMILES string of the molecule is COC(=O)Oc1ccc2c3c1O[C@H]1[C@@H](O[C@@H]4O[C@H](C(=O)OC)[C@@H](OC(C)=O)[C@H](OC(C)=O)[C@H]4OC(C)=O)CC[C@H]4[C@@H](C2)N(C)CC[C@@]341. The Morgan fingerprint density at radius 1 is 0.894 bits per heavy atom. The molecule has 1 spiro atoms. The van der Waals surface area contributed by atoms with Crippen LogP contribution in [0.4, 0.5) is 4.79 Å². The first kappa shape index (κ1) is 33.0. The molecule has 3 heterocycles. The second-order valence-electron chi connectivity index (χ2n) is 12.6. The van der Waals surface area contributed by atoms with Gasteiger partial charge in [-0.05, 0) is 56.8 Å². The Labute approximate surface area is 270 Å². The molecule has 0 amide bonds. The summed E-state index contributed by atoms with van der Waals surface area (Å²) in [5.74, 6) is -2.39. The van der Waals surface area contributed by atoms with Crippen LogP contribution in [0.5, 0.6) is 11.5 Å². The molecular weight excluding hydrogens is 622 g/mol. The summed E-state index contributed by atoms with van der Waals surface area (Å²) in [5, 5.41) is 0. The van der Waals surface area contributed by atoms with E-state index in [2.05, 4.69) is 11.9 Å². The molecule has 2 saturated heterocycles. The van der Waals surface area contributed by atoms with E-state index in [1.54, 1.807) is 6.07 Å². The highest BCUT2D eigenvalue weighted by atomic mass is 16.7. The fourth-order valence-corrected chi connectivity index (χ4v) is 8.39. The quantitative estimate of drug-likeness (QED) is 0.234. The Bertz CT molecular complexity index is 1460. The number of piperidine rings is 1. The van der Waals surface area contributed by atoms with Crippen LogP contribution >= 0.6 is 0 Å². The molecule has 0 aromatic heterocycles. The molecule has 5 aliphatic rings. The summed E-state index contributed by atoms with van der Waals surface area (Å²) in [6.07, 6.45) is -6.88. The van der Waals surface area contributed by atoms with Crippen molar-refractivity contribution in [1.82, 2.24) is 4.90 Å². The van der Waals surface area contributed by atoms with E-state index in [-0.39, 0.29) is 17.7 Å². The van der Waals surface area contributed by atoms with Crippen molar-refractivity contribution in [2.45, 2.75) is 101 Å². The lowest BCUT2D eigenvalue weighted by Crippen LogP contribution is -2.68. The molecule has 1 aromatic rings. The van der Waals surface area contributed by atoms with Crippen LogP contribution in [-0.2, 0) is 64.2 Å². The van der Waals surface area contributed by atoms with Crippen LogP contribution in [0.1, 0.15) is 51.2 Å². The number of benzene rings is 1. The Kier molecular flexibility index (Phi) is 8.82. The maximum absolute atomic E-state index is 13.0. The van der Waals surface area contributed by atoms with E-state index in [1.807, 2.05) is 6.07 Å². The van der Waals surface area contributed by atoms with Gasteiger partial charge >= 0.3 is 30.0 Å². The fourth-order valence-electron chi connectivity index (χ4n) is 8.39. The molecular formula is C32H39NO14. The topological polar surface area (TPSA) is 172 Å². The van der Waals surface area contributed by atoms with Crippen molar-refractivity contribution in [2.75, 3.05) is 27.8 Å². The zero-order chi connectivity index (χ0) is 33.8. The smallest absolute Gasteiger partial charge is 0.483 e. The van der Waals surface area contributed by atoms with E-state index < -0.39 is 78.4 Å². The summed E-state index contributed by atoms with van der Waals surface area (Å²) in [7, 11) is 4.47. The zero-order valence-electron chi connectivity index (χ0n) is 27.0. The van der Waals surface area contributed by atoms with Gasteiger partial charge < -0.3 is 47.5 Å². The number of esters is 4. The second kappa shape index (κ2) is 12.6. The standard InChI is InChI=1S/C32H39NO14/c1-14(34)41-24-25(42-15(2)35)27(43-16(3)36)30(47-26(24)29(37)39-5)44-21-10-8-18-19-13-17-7-9-20(45-31(38)40-6)23-22(17)32(18,28(21)46-23)11-12-33(19)4/h7,9,18-19,21,24-28,30H,8,10-13H2,1-6H3/t18-,19+,21-,24-,25-,26-,27+,28-,30+,32-/m0/s1. The average Bonchev–Trinajstić information content (AvgIpc) is 3.37. The van der Waals surface area contributed by atoms with Gasteiger partial charge in [0.05, 0.1) is 20.3 Å². The number of carbonyl (C=O) groups excluding carboxylic acids is 5. The van der Waals surface area contributed by atoms with Gasteiger partial charge in [-0.2, -0.15) is 0 Å². The summed E-state index contributed by atoms with van der Waals surface area (Å²) in [5.41, 5.74) is 1.55. The first-order valence-corrected chi connectivity index (χ1v) is 15.6. The van der Waals surface area contributed by atoms with Crippen LogP contribution in [0.3, 0.4) is 0 Å². The molecule has 10 atom stereocenters. The number of nitrogens with zero attached hydrogens (tertiary/aromatic N) is 1. The van der Waals surface area contributed by atoms with Gasteiger partial charge in [-0.3, -0.25) is 14.4 Å². The number of likely N-dealkylation sites (tertiary alicyclic amines) is 1. The number of hydrogen-bond acceptors (Lipinski definition) is 15. The zero-order valence-corrected chi connectivity index (χ0v) is 27.0. The lowest BCUT2D eigenvalue weighted by atomic mass is 9.51. The fraction of sp³-hybridized carbons (Fsp3) is 0.656. The minimum atomic E-state index is -1.59. The van der Waals surface area contributed by atoms with E-state index in [0.717, 1.165) is 64.8 Å². The molecule has 2 bridgehead atoms. The number of carbonyl (C=O) groups is 5. The van der Waals surface area contributed by atoms with Crippen LogP contribution < -0.4 is 9.47 Å². The van der Waals surface area contributed by atoms with E-state index in [9.17, 15) is 24.0 Å². The molecule has 256 valence electrons. The minimum Gasteiger partial charge on any atom is -0.483 e. The molecule has 1 aromatic carbocycles. The molecule has 0 N–H and O–H groups in total. The van der Waals surface area contributed by atoms with Crippen LogP contribution in [-0.4, -0.2) is 112 Å². The number of likely N-dealkylation sites (N-methyl/N-ethyl adjacent to an activating group) is 1. The first-order chi connectivity index (χ1) is 22.4. The van der Waals surface area contributed by atoms with Crippen molar-refractivity contribution in [2.24, 2.45) is 5.92 Å². The molecule has 47 heavy (non-hydrogen) atoms. The van der Waals surface area contributed by atoms with E-state index >= 15 is 0 Å². The van der Waals surface area contributed by atoms with Gasteiger partial charge in [-0.15, -0.1) is 0 Å². The van der Waals surface area contributed by atoms with E-state index in [1.165, 1.54) is 7.11 Å². The first-order valence-electron chi connectivity index (χ1n) is 15.6. The largest absolute Gasteiger partial charge is 0.513 e. The van der Waals surface area contributed by atoms with Crippen LogP contribution in [0.25, 0.3) is 0 Å². The molecule has 1 saturated carbocycles. The number of hydrogen-bond donors (Lipinski definition) is 0. The van der Waals surface area contributed by atoms with E-state index in [0.29, 0.717) is 12.2 Å².